The Kier molecular flexibility index (Phi) is 4.15. The van der Waals surface area contributed by atoms with E-state index >= 15 is 0 Å². The average Bonchev–Trinajstić information content (AvgIpc) is 2.89. The Morgan fingerprint density at radius 2 is 2.06 bits per heavy atom. The molecule has 0 bridgehead atoms. The molecule has 0 saturated heterocycles. The van der Waals surface area contributed by atoms with Crippen molar-refractivity contribution in [2.24, 2.45) is 4.99 Å². The van der Waals surface area contributed by atoms with Gasteiger partial charge in [0.25, 0.3) is 0 Å². The number of Topliss-reactive ketones (excluding diaryl/α,β-unsaturated/α-hetero) is 2. The van der Waals surface area contributed by atoms with Crippen molar-refractivity contribution in [2.45, 2.75) is 12.2 Å². The fourth-order valence-corrected chi connectivity index (χ4v) is 2.63. The van der Waals surface area contributed by atoms with Gasteiger partial charge in [-0.25, -0.2) is 0 Å². The van der Waals surface area contributed by atoms with Crippen LogP contribution in [-0.2, 0) is 4.79 Å². The van der Waals surface area contributed by atoms with E-state index in [9.17, 15) is 9.59 Å². The highest BCUT2D eigenvalue weighted by molar-refractivity contribution is 8.15. The highest BCUT2D eigenvalue weighted by atomic mass is 32.2. The van der Waals surface area contributed by atoms with E-state index in [1.807, 2.05) is 6.07 Å². The van der Waals surface area contributed by atoms with Crippen LogP contribution in [-0.4, -0.2) is 35.1 Å². The largest absolute Gasteiger partial charge is 0.363 e. The molecule has 1 heterocycles. The summed E-state index contributed by atoms with van der Waals surface area (Å²) in [6.45, 7) is 2.91. The molecule has 0 fully saturated rings. The summed E-state index contributed by atoms with van der Waals surface area (Å²) in [6.07, 6.45) is 0. The second-order valence-electron chi connectivity index (χ2n) is 3.95. The van der Waals surface area contributed by atoms with Crippen LogP contribution in [0.1, 0.15) is 17.3 Å². The van der Waals surface area contributed by atoms with Gasteiger partial charge in [-0.15, -0.1) is 0 Å². The number of rotatable bonds is 4. The summed E-state index contributed by atoms with van der Waals surface area (Å²) in [5, 5.41) is 3.03. The van der Waals surface area contributed by atoms with Crippen molar-refractivity contribution in [1.82, 2.24) is 5.32 Å². The zero-order chi connectivity index (χ0) is 13.0. The molecule has 1 atom stereocenters. The van der Waals surface area contributed by atoms with Crippen LogP contribution in [0, 0.1) is 0 Å². The summed E-state index contributed by atoms with van der Waals surface area (Å²) in [4.78, 5) is 28.1. The number of ketones is 2. The molecule has 0 radical (unpaired) electrons. The number of benzene rings is 1. The lowest BCUT2D eigenvalue weighted by atomic mass is 10.1. The molecule has 2 rings (SSSR count). The standard InChI is InChI=1S/C13H14N2O2S/c1-9(16)12(18-13-14-7-8-15-13)11(17)10-5-3-2-4-6-10/h2-6,12H,7-8H2,1H3,(H,14,15). The van der Waals surface area contributed by atoms with Crippen LogP contribution in [0.15, 0.2) is 35.3 Å². The molecule has 1 N–H and O–H groups in total. The van der Waals surface area contributed by atoms with E-state index in [4.69, 9.17) is 0 Å². The quantitative estimate of drug-likeness (QED) is 0.660. The molecule has 1 aromatic carbocycles. The monoisotopic (exact) mass is 262 g/mol. The van der Waals surface area contributed by atoms with E-state index < -0.39 is 5.25 Å². The van der Waals surface area contributed by atoms with Crippen molar-refractivity contribution in [2.75, 3.05) is 13.1 Å². The zero-order valence-corrected chi connectivity index (χ0v) is 10.9. The maximum Gasteiger partial charge on any atom is 0.183 e. The van der Waals surface area contributed by atoms with Crippen LogP contribution in [0.25, 0.3) is 0 Å². The summed E-state index contributed by atoms with van der Waals surface area (Å²) in [7, 11) is 0. The van der Waals surface area contributed by atoms with E-state index in [0.717, 1.165) is 6.54 Å². The number of nitrogens with one attached hydrogen (secondary N) is 1. The van der Waals surface area contributed by atoms with Crippen LogP contribution < -0.4 is 5.32 Å². The Balaban J connectivity index is 2.15. The second-order valence-corrected chi connectivity index (χ2v) is 5.05. The fourth-order valence-electron chi connectivity index (χ4n) is 1.64. The number of carbonyl (C=O) groups excluding carboxylic acids is 2. The van der Waals surface area contributed by atoms with Gasteiger partial charge in [0.15, 0.2) is 16.7 Å². The Labute approximate surface area is 110 Å². The predicted molar refractivity (Wildman–Crippen MR) is 73.1 cm³/mol. The molecule has 4 nitrogen and oxygen atoms in total. The van der Waals surface area contributed by atoms with Gasteiger partial charge in [0, 0.05) is 12.1 Å². The van der Waals surface area contributed by atoms with Gasteiger partial charge in [-0.2, -0.15) is 0 Å². The molecule has 0 aromatic heterocycles. The molecule has 94 valence electrons. The highest BCUT2D eigenvalue weighted by Gasteiger charge is 2.27. The third-order valence-corrected chi connectivity index (χ3v) is 3.82. The Morgan fingerprint density at radius 3 is 2.61 bits per heavy atom. The first-order chi connectivity index (χ1) is 8.68. The minimum absolute atomic E-state index is 0.148. The Morgan fingerprint density at radius 1 is 1.33 bits per heavy atom. The SMILES string of the molecule is CC(=O)C(SC1=NCCN1)C(=O)c1ccccc1. The second kappa shape index (κ2) is 5.82. The molecule has 0 aliphatic carbocycles. The number of hydrogen-bond acceptors (Lipinski definition) is 5. The zero-order valence-electron chi connectivity index (χ0n) is 10.1. The van der Waals surface area contributed by atoms with Crippen molar-refractivity contribution in [1.29, 1.82) is 0 Å². The summed E-state index contributed by atoms with van der Waals surface area (Å²) in [6, 6.07) is 8.88. The number of carbonyl (C=O) groups is 2. The van der Waals surface area contributed by atoms with Crippen molar-refractivity contribution in [3.63, 3.8) is 0 Å². The Bertz CT molecular complexity index is 485. The molecule has 1 aromatic rings. The van der Waals surface area contributed by atoms with Gasteiger partial charge in [-0.1, -0.05) is 42.1 Å². The molecule has 5 heteroatoms. The van der Waals surface area contributed by atoms with Gasteiger partial charge >= 0.3 is 0 Å². The molecule has 1 aliphatic rings. The van der Waals surface area contributed by atoms with Crippen molar-refractivity contribution < 1.29 is 9.59 Å². The minimum atomic E-state index is -0.711. The third kappa shape index (κ3) is 2.98. The lowest BCUT2D eigenvalue weighted by Gasteiger charge is -2.12. The molecule has 0 amide bonds. The van der Waals surface area contributed by atoms with E-state index in [1.54, 1.807) is 24.3 Å². The molecular formula is C13H14N2O2S. The van der Waals surface area contributed by atoms with Gasteiger partial charge in [-0.3, -0.25) is 14.6 Å². The summed E-state index contributed by atoms with van der Waals surface area (Å²) in [5.41, 5.74) is 0.559. The number of hydrogen-bond donors (Lipinski definition) is 1. The highest BCUT2D eigenvalue weighted by Crippen LogP contribution is 2.19. The molecule has 1 aliphatic heterocycles. The van der Waals surface area contributed by atoms with E-state index in [1.165, 1.54) is 18.7 Å². The van der Waals surface area contributed by atoms with Crippen LogP contribution >= 0.6 is 11.8 Å². The first kappa shape index (κ1) is 12.8. The van der Waals surface area contributed by atoms with Crippen LogP contribution in [0.2, 0.25) is 0 Å². The fraction of sp³-hybridized carbons (Fsp3) is 0.308. The maximum absolute atomic E-state index is 12.2. The topological polar surface area (TPSA) is 58.5 Å². The lowest BCUT2D eigenvalue weighted by molar-refractivity contribution is -0.115. The Hall–Kier alpha value is -1.62. The summed E-state index contributed by atoms with van der Waals surface area (Å²) in [5.74, 6) is -0.310. The van der Waals surface area contributed by atoms with Crippen LogP contribution in [0.4, 0.5) is 0 Å². The van der Waals surface area contributed by atoms with Gasteiger partial charge < -0.3 is 5.32 Å². The van der Waals surface area contributed by atoms with Crippen LogP contribution in [0.3, 0.4) is 0 Å². The summed E-state index contributed by atoms with van der Waals surface area (Å²) >= 11 is 1.20. The lowest BCUT2D eigenvalue weighted by Crippen LogP contribution is -2.29. The van der Waals surface area contributed by atoms with Gasteiger partial charge in [0.2, 0.25) is 0 Å². The van der Waals surface area contributed by atoms with E-state index in [0.29, 0.717) is 17.3 Å². The van der Waals surface area contributed by atoms with Crippen LogP contribution in [0.5, 0.6) is 0 Å². The number of amidine groups is 1. The average molecular weight is 262 g/mol. The minimum Gasteiger partial charge on any atom is -0.363 e. The predicted octanol–water partition coefficient (Wildman–Crippen LogP) is 1.52. The van der Waals surface area contributed by atoms with Crippen molar-refractivity contribution in [3.05, 3.63) is 35.9 Å². The van der Waals surface area contributed by atoms with E-state index in [-0.39, 0.29) is 11.6 Å². The van der Waals surface area contributed by atoms with E-state index in [2.05, 4.69) is 10.3 Å². The van der Waals surface area contributed by atoms with Crippen molar-refractivity contribution >= 4 is 28.5 Å². The number of nitrogens with zero attached hydrogens (tertiary/aromatic N) is 1. The number of aliphatic imine (C=N–C) groups is 1. The normalized spacial score (nSPS) is 15.7. The maximum atomic E-state index is 12.2. The van der Waals surface area contributed by atoms with Gasteiger partial charge in [0.05, 0.1) is 6.54 Å². The van der Waals surface area contributed by atoms with Gasteiger partial charge in [-0.05, 0) is 6.92 Å². The first-order valence-corrected chi connectivity index (χ1v) is 6.61. The smallest absolute Gasteiger partial charge is 0.183 e. The summed E-state index contributed by atoms with van der Waals surface area (Å²) < 4.78 is 0. The molecular weight excluding hydrogens is 248 g/mol. The van der Waals surface area contributed by atoms with Crippen molar-refractivity contribution in [3.8, 4) is 0 Å². The number of thioether (sulfide) groups is 1. The molecule has 1 unspecified atom stereocenters. The van der Waals surface area contributed by atoms with Gasteiger partial charge in [0.1, 0.15) is 5.25 Å². The third-order valence-electron chi connectivity index (χ3n) is 2.54. The molecule has 0 saturated carbocycles. The molecule has 18 heavy (non-hydrogen) atoms. The first-order valence-electron chi connectivity index (χ1n) is 5.73. The molecule has 0 spiro atoms.